The lowest BCUT2D eigenvalue weighted by Crippen LogP contribution is -2.41. The first-order valence-corrected chi connectivity index (χ1v) is 8.75. The lowest BCUT2D eigenvalue weighted by Gasteiger charge is -2.28. The number of benzene rings is 1. The predicted octanol–water partition coefficient (Wildman–Crippen LogP) is 4.02. The van der Waals surface area contributed by atoms with Crippen LogP contribution in [0.15, 0.2) is 42.7 Å². The van der Waals surface area contributed by atoms with Gasteiger partial charge < -0.3 is 15.8 Å². The number of hydrogen-bond acceptors (Lipinski definition) is 4. The first-order valence-electron chi connectivity index (χ1n) is 8.37. The number of halogens is 1. The molecular weight excluding hydrogens is 338 g/mol. The maximum absolute atomic E-state index is 12.6. The highest BCUT2D eigenvalue weighted by Gasteiger charge is 2.33. The summed E-state index contributed by atoms with van der Waals surface area (Å²) in [6.07, 6.45) is 4.82. The van der Waals surface area contributed by atoms with E-state index < -0.39 is 5.41 Å². The van der Waals surface area contributed by atoms with Crippen LogP contribution in [0.4, 0.5) is 5.69 Å². The summed E-state index contributed by atoms with van der Waals surface area (Å²) >= 11 is 6.28. The number of amides is 1. The average molecular weight is 362 g/mol. The van der Waals surface area contributed by atoms with E-state index in [1.54, 1.807) is 30.6 Å². The molecule has 1 aromatic heterocycles. The minimum absolute atomic E-state index is 0.0832. The largest absolute Gasteiger partial charge is 0.487 e. The summed E-state index contributed by atoms with van der Waals surface area (Å²) in [5.74, 6) is 0.472. The Morgan fingerprint density at radius 2 is 2.08 bits per heavy atom. The summed E-state index contributed by atoms with van der Waals surface area (Å²) in [5.41, 5.74) is 6.85. The minimum atomic E-state index is -0.554. The van der Waals surface area contributed by atoms with Crippen molar-refractivity contribution in [1.29, 1.82) is 0 Å². The normalized spacial score (nSPS) is 11.2. The Hall–Kier alpha value is -2.11. The van der Waals surface area contributed by atoms with Crippen LogP contribution in [0.1, 0.15) is 32.3 Å². The van der Waals surface area contributed by atoms with E-state index in [2.05, 4.69) is 10.3 Å². The van der Waals surface area contributed by atoms with Crippen LogP contribution in [0.2, 0.25) is 5.02 Å². The summed E-state index contributed by atoms with van der Waals surface area (Å²) in [6, 6.07) is 8.98. The number of nitrogens with one attached hydrogen (secondary N) is 1. The number of anilines is 1. The molecule has 0 unspecified atom stereocenters. The zero-order valence-electron chi connectivity index (χ0n) is 14.6. The number of ether oxygens (including phenoxy) is 1. The Labute approximate surface area is 153 Å². The topological polar surface area (TPSA) is 77.2 Å². The van der Waals surface area contributed by atoms with Gasteiger partial charge in [-0.25, -0.2) is 0 Å². The van der Waals surface area contributed by atoms with Crippen molar-refractivity contribution < 1.29 is 9.53 Å². The SMILES string of the molecule is CCC(CC)(CN)C(=O)Nc1ccc(OCc2cccnc2)c(Cl)c1. The Balaban J connectivity index is 2.05. The molecule has 0 fully saturated rings. The Morgan fingerprint density at radius 1 is 1.32 bits per heavy atom. The highest BCUT2D eigenvalue weighted by atomic mass is 35.5. The molecule has 0 radical (unpaired) electrons. The molecule has 2 rings (SSSR count). The van der Waals surface area contributed by atoms with Crippen LogP contribution in [-0.2, 0) is 11.4 Å². The maximum Gasteiger partial charge on any atom is 0.231 e. The van der Waals surface area contributed by atoms with Gasteiger partial charge in [-0.1, -0.05) is 31.5 Å². The van der Waals surface area contributed by atoms with E-state index in [9.17, 15) is 4.79 Å². The molecule has 1 heterocycles. The fourth-order valence-electron chi connectivity index (χ4n) is 2.56. The standard InChI is InChI=1S/C19H24ClN3O2/c1-3-19(4-2,13-21)18(24)23-15-7-8-17(16(20)10-15)25-12-14-6-5-9-22-11-14/h5-11H,3-4,12-13,21H2,1-2H3,(H,23,24). The summed E-state index contributed by atoms with van der Waals surface area (Å²) in [7, 11) is 0. The van der Waals surface area contributed by atoms with E-state index in [1.165, 1.54) is 0 Å². The number of rotatable bonds is 8. The third-order valence-electron chi connectivity index (χ3n) is 4.53. The van der Waals surface area contributed by atoms with E-state index in [0.717, 1.165) is 5.56 Å². The van der Waals surface area contributed by atoms with Gasteiger partial charge in [-0.05, 0) is 37.1 Å². The van der Waals surface area contributed by atoms with Crippen molar-refractivity contribution in [3.63, 3.8) is 0 Å². The van der Waals surface area contributed by atoms with Gasteiger partial charge in [0.1, 0.15) is 12.4 Å². The van der Waals surface area contributed by atoms with Crippen molar-refractivity contribution in [2.75, 3.05) is 11.9 Å². The monoisotopic (exact) mass is 361 g/mol. The summed E-state index contributed by atoms with van der Waals surface area (Å²) in [5, 5.41) is 3.35. The predicted molar refractivity (Wildman–Crippen MR) is 101 cm³/mol. The van der Waals surface area contributed by atoms with Crippen molar-refractivity contribution in [2.45, 2.75) is 33.3 Å². The van der Waals surface area contributed by atoms with Crippen molar-refractivity contribution in [3.8, 4) is 5.75 Å². The lowest BCUT2D eigenvalue weighted by molar-refractivity contribution is -0.125. The third kappa shape index (κ3) is 4.71. The Kier molecular flexibility index (Phi) is 6.79. The van der Waals surface area contributed by atoms with Crippen LogP contribution in [0, 0.1) is 5.41 Å². The number of nitrogens with two attached hydrogens (primary N) is 1. The smallest absolute Gasteiger partial charge is 0.231 e. The molecule has 134 valence electrons. The molecule has 0 atom stereocenters. The molecular formula is C19H24ClN3O2. The molecule has 3 N–H and O–H groups in total. The van der Waals surface area contributed by atoms with E-state index in [-0.39, 0.29) is 5.91 Å². The molecule has 0 aliphatic rings. The third-order valence-corrected chi connectivity index (χ3v) is 4.83. The van der Waals surface area contributed by atoms with Crippen LogP contribution in [0.25, 0.3) is 0 Å². The van der Waals surface area contributed by atoms with Gasteiger partial charge in [0.05, 0.1) is 10.4 Å². The van der Waals surface area contributed by atoms with E-state index in [0.29, 0.717) is 42.5 Å². The molecule has 0 aliphatic heterocycles. The van der Waals surface area contributed by atoms with E-state index >= 15 is 0 Å². The number of aromatic nitrogens is 1. The minimum Gasteiger partial charge on any atom is -0.487 e. The van der Waals surface area contributed by atoms with Crippen LogP contribution < -0.4 is 15.8 Å². The Bertz CT molecular complexity index is 695. The summed E-state index contributed by atoms with van der Waals surface area (Å²) in [4.78, 5) is 16.6. The molecule has 0 saturated heterocycles. The molecule has 2 aromatic rings. The van der Waals surface area contributed by atoms with E-state index in [1.807, 2.05) is 26.0 Å². The molecule has 1 aromatic carbocycles. The zero-order valence-corrected chi connectivity index (χ0v) is 15.3. The summed E-state index contributed by atoms with van der Waals surface area (Å²) < 4.78 is 5.71. The van der Waals surface area contributed by atoms with Gasteiger partial charge in [-0.2, -0.15) is 0 Å². The second kappa shape index (κ2) is 8.83. The van der Waals surface area contributed by atoms with Crippen LogP contribution >= 0.6 is 11.6 Å². The van der Waals surface area contributed by atoms with Crippen LogP contribution in [-0.4, -0.2) is 17.4 Å². The van der Waals surface area contributed by atoms with Gasteiger partial charge in [0.2, 0.25) is 5.91 Å². The van der Waals surface area contributed by atoms with Crippen molar-refractivity contribution in [1.82, 2.24) is 4.98 Å². The quantitative estimate of drug-likeness (QED) is 0.744. The van der Waals surface area contributed by atoms with Gasteiger partial charge in [0.25, 0.3) is 0 Å². The second-order valence-corrected chi connectivity index (χ2v) is 6.35. The van der Waals surface area contributed by atoms with Gasteiger partial charge in [-0.3, -0.25) is 9.78 Å². The molecule has 0 saturated carbocycles. The highest BCUT2D eigenvalue weighted by Crippen LogP contribution is 2.31. The number of nitrogens with zero attached hydrogens (tertiary/aromatic N) is 1. The molecule has 6 heteroatoms. The number of hydrogen-bond donors (Lipinski definition) is 2. The number of carbonyl (C=O) groups excluding carboxylic acids is 1. The summed E-state index contributed by atoms with van der Waals surface area (Å²) in [6.45, 7) is 4.63. The molecule has 0 bridgehead atoms. The van der Waals surface area contributed by atoms with Crippen molar-refractivity contribution in [3.05, 3.63) is 53.3 Å². The van der Waals surface area contributed by atoms with Gasteiger partial charge >= 0.3 is 0 Å². The van der Waals surface area contributed by atoms with Gasteiger partial charge in [0, 0.05) is 30.2 Å². The molecule has 0 spiro atoms. The average Bonchev–Trinajstić information content (AvgIpc) is 2.64. The fraction of sp³-hybridized carbons (Fsp3) is 0.368. The first kappa shape index (κ1) is 19.2. The lowest BCUT2D eigenvalue weighted by atomic mass is 9.81. The second-order valence-electron chi connectivity index (χ2n) is 5.94. The molecule has 0 aliphatic carbocycles. The number of carbonyl (C=O) groups is 1. The Morgan fingerprint density at radius 3 is 2.64 bits per heavy atom. The fourth-order valence-corrected chi connectivity index (χ4v) is 2.79. The molecule has 25 heavy (non-hydrogen) atoms. The molecule has 5 nitrogen and oxygen atoms in total. The van der Waals surface area contributed by atoms with Gasteiger partial charge in [0.15, 0.2) is 0 Å². The first-order chi connectivity index (χ1) is 12.0. The highest BCUT2D eigenvalue weighted by molar-refractivity contribution is 6.32. The zero-order chi connectivity index (χ0) is 18.3. The van der Waals surface area contributed by atoms with Crippen LogP contribution in [0.3, 0.4) is 0 Å². The van der Waals surface area contributed by atoms with Crippen LogP contribution in [0.5, 0.6) is 5.75 Å². The van der Waals surface area contributed by atoms with Crippen molar-refractivity contribution >= 4 is 23.2 Å². The number of pyridine rings is 1. The van der Waals surface area contributed by atoms with Gasteiger partial charge in [-0.15, -0.1) is 0 Å². The maximum atomic E-state index is 12.6. The van der Waals surface area contributed by atoms with Crippen molar-refractivity contribution in [2.24, 2.45) is 11.1 Å². The van der Waals surface area contributed by atoms with E-state index in [4.69, 9.17) is 22.1 Å². The molecule has 1 amide bonds.